The number of fused-ring (bicyclic) bond motifs is 1. The number of hydrogen-bond acceptors (Lipinski definition) is 5. The summed E-state index contributed by atoms with van der Waals surface area (Å²) in [5, 5.41) is 12.5. The highest BCUT2D eigenvalue weighted by Gasteiger charge is 2.46. The Balaban J connectivity index is 1.10. The molecule has 2 aliphatic heterocycles. The average molecular weight is 451 g/mol. The zero-order valence-corrected chi connectivity index (χ0v) is 19.3. The maximum absolute atomic E-state index is 15.3. The summed E-state index contributed by atoms with van der Waals surface area (Å²) < 4.78 is 15.3. The fourth-order valence-electron chi connectivity index (χ4n) is 7.02. The van der Waals surface area contributed by atoms with Crippen molar-refractivity contribution in [1.82, 2.24) is 20.2 Å². The van der Waals surface area contributed by atoms with Crippen LogP contribution in [-0.4, -0.2) is 89.3 Å². The van der Waals surface area contributed by atoms with Crippen molar-refractivity contribution in [2.24, 2.45) is 23.7 Å². The van der Waals surface area contributed by atoms with E-state index in [0.717, 1.165) is 38.6 Å². The molecule has 180 valence electrons. The molecule has 6 atom stereocenters. The average Bonchev–Trinajstić information content (AvgIpc) is 3.15. The number of alkyl halides is 1. The molecule has 2 heterocycles. The Morgan fingerprint density at radius 2 is 1.66 bits per heavy atom. The van der Waals surface area contributed by atoms with E-state index in [4.69, 9.17) is 0 Å². The number of nitrogens with zero attached hydrogens (tertiary/aromatic N) is 3. The number of halogens is 1. The third-order valence-electron chi connectivity index (χ3n) is 9.16. The number of rotatable bonds is 3. The van der Waals surface area contributed by atoms with Gasteiger partial charge in [0.2, 0.25) is 5.91 Å². The summed E-state index contributed by atoms with van der Waals surface area (Å²) in [7, 11) is 2.09. The fourth-order valence-corrected chi connectivity index (χ4v) is 7.02. The number of piperazine rings is 1. The van der Waals surface area contributed by atoms with Crippen molar-refractivity contribution in [3.8, 4) is 0 Å². The summed E-state index contributed by atoms with van der Waals surface area (Å²) in [5.74, 6) is 0.855. The predicted molar refractivity (Wildman–Crippen MR) is 118 cm³/mol. The van der Waals surface area contributed by atoms with Gasteiger partial charge >= 0.3 is 0 Å². The SMILES string of the molecule is CN1CC2CCC(C3CCC(C(=O)N4CCN(C(=O)C5(O)CCC5)CC4)CC3F)CC2N1. The van der Waals surface area contributed by atoms with Crippen LogP contribution < -0.4 is 5.43 Å². The molecule has 2 amide bonds. The molecule has 2 N–H and O–H groups in total. The zero-order chi connectivity index (χ0) is 22.5. The summed E-state index contributed by atoms with van der Waals surface area (Å²) >= 11 is 0. The number of hydrazine groups is 1. The molecule has 2 saturated heterocycles. The summed E-state index contributed by atoms with van der Waals surface area (Å²) in [5.41, 5.74) is 2.37. The Morgan fingerprint density at radius 1 is 0.969 bits per heavy atom. The molecule has 5 fully saturated rings. The third kappa shape index (κ3) is 4.18. The van der Waals surface area contributed by atoms with Crippen LogP contribution in [0.5, 0.6) is 0 Å². The van der Waals surface area contributed by atoms with Crippen LogP contribution in [0.1, 0.15) is 57.8 Å². The van der Waals surface area contributed by atoms with E-state index in [-0.39, 0.29) is 23.7 Å². The van der Waals surface area contributed by atoms with E-state index in [1.165, 1.54) is 6.42 Å². The van der Waals surface area contributed by atoms with Gasteiger partial charge in [-0.05, 0) is 75.5 Å². The second-order valence-corrected chi connectivity index (χ2v) is 11.1. The van der Waals surface area contributed by atoms with Crippen molar-refractivity contribution in [3.05, 3.63) is 0 Å². The first-order valence-electron chi connectivity index (χ1n) is 12.8. The fraction of sp³-hybridized carbons (Fsp3) is 0.917. The van der Waals surface area contributed by atoms with Crippen molar-refractivity contribution in [3.63, 3.8) is 0 Å². The molecule has 0 aromatic heterocycles. The van der Waals surface area contributed by atoms with E-state index in [1.54, 1.807) is 4.90 Å². The minimum atomic E-state index is -1.17. The lowest BCUT2D eigenvalue weighted by molar-refractivity contribution is -0.163. The van der Waals surface area contributed by atoms with Gasteiger partial charge in [-0.15, -0.1) is 0 Å². The molecular formula is C24H39FN4O3. The largest absolute Gasteiger partial charge is 0.380 e. The van der Waals surface area contributed by atoms with Crippen molar-refractivity contribution >= 4 is 11.8 Å². The predicted octanol–water partition coefficient (Wildman–Crippen LogP) is 1.56. The maximum atomic E-state index is 15.3. The van der Waals surface area contributed by atoms with Crippen LogP contribution in [-0.2, 0) is 9.59 Å². The molecule has 3 aliphatic carbocycles. The molecular weight excluding hydrogens is 411 g/mol. The van der Waals surface area contributed by atoms with Crippen molar-refractivity contribution < 1.29 is 19.1 Å². The van der Waals surface area contributed by atoms with Crippen molar-refractivity contribution in [2.45, 2.75) is 75.6 Å². The molecule has 5 aliphatic rings. The molecule has 0 bridgehead atoms. The van der Waals surface area contributed by atoms with Crippen molar-refractivity contribution in [1.29, 1.82) is 0 Å². The topological polar surface area (TPSA) is 76.1 Å². The van der Waals surface area contributed by atoms with E-state index >= 15 is 4.39 Å². The smallest absolute Gasteiger partial charge is 0.254 e. The zero-order valence-electron chi connectivity index (χ0n) is 19.3. The van der Waals surface area contributed by atoms with E-state index in [9.17, 15) is 14.7 Å². The summed E-state index contributed by atoms with van der Waals surface area (Å²) in [4.78, 5) is 29.1. The standard InChI is InChI=1S/C24H39FN4O3/c1-27-15-18-4-3-16(14-21(18)26-27)19-6-5-17(13-20(19)25)22(30)28-9-11-29(12-10-28)23(31)24(32)7-2-8-24/h16-21,26,32H,2-15H2,1H3. The summed E-state index contributed by atoms with van der Waals surface area (Å²) in [6, 6.07) is 0.488. The molecule has 0 aromatic rings. The lowest BCUT2D eigenvalue weighted by Crippen LogP contribution is -2.59. The Hall–Kier alpha value is -1.25. The molecule has 8 heteroatoms. The summed E-state index contributed by atoms with van der Waals surface area (Å²) in [6.07, 6.45) is 6.36. The van der Waals surface area contributed by atoms with Crippen LogP contribution >= 0.6 is 0 Å². The monoisotopic (exact) mass is 450 g/mol. The highest BCUT2D eigenvalue weighted by molar-refractivity contribution is 5.86. The number of aliphatic hydroxyl groups is 1. The van der Waals surface area contributed by atoms with Gasteiger partial charge in [-0.1, -0.05) is 0 Å². The minimum absolute atomic E-state index is 0.0587. The molecule has 0 aromatic carbocycles. The van der Waals surface area contributed by atoms with Gasteiger partial charge in [-0.2, -0.15) is 0 Å². The highest BCUT2D eigenvalue weighted by Crippen LogP contribution is 2.44. The number of carbonyl (C=O) groups is 2. The molecule has 5 rings (SSSR count). The van der Waals surface area contributed by atoms with E-state index in [0.29, 0.717) is 63.3 Å². The van der Waals surface area contributed by atoms with E-state index in [1.807, 2.05) is 4.90 Å². The number of amides is 2. The first-order valence-corrected chi connectivity index (χ1v) is 12.8. The van der Waals surface area contributed by atoms with Gasteiger partial charge in [-0.25, -0.2) is 9.40 Å². The number of hydrogen-bond donors (Lipinski definition) is 2. The van der Waals surface area contributed by atoms with Crippen LogP contribution in [0.2, 0.25) is 0 Å². The lowest BCUT2D eigenvalue weighted by Gasteiger charge is -2.44. The van der Waals surface area contributed by atoms with Gasteiger partial charge in [0.1, 0.15) is 11.8 Å². The maximum Gasteiger partial charge on any atom is 0.254 e. The van der Waals surface area contributed by atoms with Crippen LogP contribution in [0.15, 0.2) is 0 Å². The Kier molecular flexibility index (Phi) is 6.22. The van der Waals surface area contributed by atoms with Crippen molar-refractivity contribution in [2.75, 3.05) is 39.8 Å². The molecule has 0 radical (unpaired) electrons. The first-order chi connectivity index (χ1) is 15.3. The Morgan fingerprint density at radius 3 is 2.31 bits per heavy atom. The van der Waals surface area contributed by atoms with Crippen LogP contribution in [0.4, 0.5) is 4.39 Å². The second-order valence-electron chi connectivity index (χ2n) is 11.1. The molecule has 0 spiro atoms. The molecule has 32 heavy (non-hydrogen) atoms. The molecule has 3 saturated carbocycles. The van der Waals surface area contributed by atoms with Gasteiger partial charge < -0.3 is 14.9 Å². The van der Waals surface area contributed by atoms with Gasteiger partial charge in [0.15, 0.2) is 0 Å². The van der Waals surface area contributed by atoms with E-state index < -0.39 is 11.8 Å². The first kappa shape index (κ1) is 22.5. The van der Waals surface area contributed by atoms with Gasteiger partial charge in [0.05, 0.1) is 0 Å². The Labute approximate surface area is 190 Å². The Bertz CT molecular complexity index is 724. The lowest BCUT2D eigenvalue weighted by atomic mass is 9.67. The van der Waals surface area contributed by atoms with Crippen LogP contribution in [0, 0.1) is 23.7 Å². The van der Waals surface area contributed by atoms with Crippen LogP contribution in [0.3, 0.4) is 0 Å². The number of carbonyl (C=O) groups excluding carboxylic acids is 2. The normalized spacial score (nSPS) is 40.0. The molecule has 7 nitrogen and oxygen atoms in total. The third-order valence-corrected chi connectivity index (χ3v) is 9.16. The highest BCUT2D eigenvalue weighted by atomic mass is 19.1. The van der Waals surface area contributed by atoms with Gasteiger partial charge in [0, 0.05) is 51.7 Å². The quantitative estimate of drug-likeness (QED) is 0.683. The minimum Gasteiger partial charge on any atom is -0.380 e. The summed E-state index contributed by atoms with van der Waals surface area (Å²) in [6.45, 7) is 3.00. The van der Waals surface area contributed by atoms with Crippen LogP contribution in [0.25, 0.3) is 0 Å². The molecule has 6 unspecified atom stereocenters. The van der Waals surface area contributed by atoms with Gasteiger partial charge in [-0.3, -0.25) is 15.0 Å². The second kappa shape index (κ2) is 8.84. The van der Waals surface area contributed by atoms with E-state index in [2.05, 4.69) is 17.5 Å². The number of nitrogens with one attached hydrogen (secondary N) is 1. The van der Waals surface area contributed by atoms with Gasteiger partial charge in [0.25, 0.3) is 5.91 Å².